The second-order valence-electron chi connectivity index (χ2n) is 6.09. The number of ether oxygens (including phenoxy) is 1. The maximum atomic E-state index is 12.3. The van der Waals surface area contributed by atoms with Gasteiger partial charge in [-0.1, -0.05) is 23.7 Å². The fraction of sp³-hybridized carbons (Fsp3) is 0.500. The predicted octanol–water partition coefficient (Wildman–Crippen LogP) is 2.75. The van der Waals surface area contributed by atoms with Gasteiger partial charge in [0.25, 0.3) is 0 Å². The van der Waals surface area contributed by atoms with Gasteiger partial charge in [-0.15, -0.1) is 0 Å². The number of anilines is 1. The number of hydrogen-bond donors (Lipinski definition) is 1. The van der Waals surface area contributed by atoms with Crippen LogP contribution in [0.25, 0.3) is 0 Å². The highest BCUT2D eigenvalue weighted by atomic mass is 35.5. The number of amides is 3. The first-order chi connectivity index (χ1) is 12.4. The van der Waals surface area contributed by atoms with Crippen LogP contribution in [0.4, 0.5) is 10.5 Å². The predicted molar refractivity (Wildman–Crippen MR) is 99.1 cm³/mol. The number of carbonyl (C=O) groups excluding carboxylic acids is 3. The van der Waals surface area contributed by atoms with Crippen LogP contribution in [0.5, 0.6) is 0 Å². The van der Waals surface area contributed by atoms with Crippen LogP contribution in [0.2, 0.25) is 5.02 Å². The molecule has 1 saturated heterocycles. The van der Waals surface area contributed by atoms with E-state index >= 15 is 0 Å². The van der Waals surface area contributed by atoms with Crippen molar-refractivity contribution in [3.63, 3.8) is 0 Å². The van der Waals surface area contributed by atoms with Crippen molar-refractivity contribution in [2.75, 3.05) is 31.6 Å². The normalized spacial score (nSPS) is 14.7. The summed E-state index contributed by atoms with van der Waals surface area (Å²) < 4.78 is 5.00. The second kappa shape index (κ2) is 9.43. The zero-order valence-corrected chi connectivity index (χ0v) is 15.8. The van der Waals surface area contributed by atoms with Crippen LogP contribution in [0.15, 0.2) is 24.3 Å². The maximum absolute atomic E-state index is 12.3. The van der Waals surface area contributed by atoms with E-state index < -0.39 is 0 Å². The number of para-hydroxylation sites is 1. The summed E-state index contributed by atoms with van der Waals surface area (Å²) in [6, 6.07) is 6.85. The fourth-order valence-electron chi connectivity index (χ4n) is 2.98. The molecule has 1 fully saturated rings. The molecule has 26 heavy (non-hydrogen) atoms. The number of nitrogens with zero attached hydrogens (tertiary/aromatic N) is 2. The quantitative estimate of drug-likeness (QED) is 0.850. The van der Waals surface area contributed by atoms with Gasteiger partial charge in [-0.3, -0.25) is 9.59 Å². The van der Waals surface area contributed by atoms with E-state index in [1.54, 1.807) is 41.0 Å². The van der Waals surface area contributed by atoms with Crippen molar-refractivity contribution < 1.29 is 19.1 Å². The van der Waals surface area contributed by atoms with Crippen LogP contribution in [-0.4, -0.2) is 60.0 Å². The van der Waals surface area contributed by atoms with Crippen LogP contribution < -0.4 is 5.32 Å². The lowest BCUT2D eigenvalue weighted by Gasteiger charge is -2.37. The minimum Gasteiger partial charge on any atom is -0.450 e. The molecule has 1 aromatic rings. The number of benzene rings is 1. The number of halogens is 1. The molecule has 0 atom stereocenters. The van der Waals surface area contributed by atoms with E-state index in [1.807, 2.05) is 0 Å². The second-order valence-corrected chi connectivity index (χ2v) is 6.50. The van der Waals surface area contributed by atoms with E-state index in [-0.39, 0.29) is 30.5 Å². The number of carbonyl (C=O) groups is 3. The summed E-state index contributed by atoms with van der Waals surface area (Å²) in [4.78, 5) is 39.3. The lowest BCUT2D eigenvalue weighted by atomic mass is 10.0. The van der Waals surface area contributed by atoms with Gasteiger partial charge in [0.1, 0.15) is 6.54 Å². The summed E-state index contributed by atoms with van der Waals surface area (Å²) in [5.74, 6) is -0.477. The molecule has 0 saturated carbocycles. The van der Waals surface area contributed by atoms with Gasteiger partial charge in [-0.05, 0) is 31.9 Å². The minimum atomic E-state index is -0.336. The highest BCUT2D eigenvalue weighted by molar-refractivity contribution is 6.33. The van der Waals surface area contributed by atoms with Crippen LogP contribution in [0.1, 0.15) is 26.7 Å². The van der Waals surface area contributed by atoms with Gasteiger partial charge in [0.2, 0.25) is 11.8 Å². The van der Waals surface area contributed by atoms with Crippen molar-refractivity contribution in [3.05, 3.63) is 29.3 Å². The van der Waals surface area contributed by atoms with E-state index in [9.17, 15) is 14.4 Å². The standard InChI is InChI=1S/C18H24ClN3O4/c1-3-26-18(25)21-10-8-14(9-11-21)22(13(2)23)12-17(24)20-16-7-5-4-6-15(16)19/h4-7,14H,3,8-12H2,1-2H3,(H,20,24). The summed E-state index contributed by atoms with van der Waals surface area (Å²) in [7, 11) is 0. The summed E-state index contributed by atoms with van der Waals surface area (Å²) in [5, 5.41) is 3.17. The first kappa shape index (κ1) is 20.0. The summed E-state index contributed by atoms with van der Waals surface area (Å²) >= 11 is 6.04. The molecule has 1 heterocycles. The molecule has 142 valence electrons. The third-order valence-electron chi connectivity index (χ3n) is 4.30. The Balaban J connectivity index is 1.93. The molecule has 0 spiro atoms. The van der Waals surface area contributed by atoms with Gasteiger partial charge in [-0.25, -0.2) is 4.79 Å². The largest absolute Gasteiger partial charge is 0.450 e. The molecule has 3 amide bonds. The molecule has 1 N–H and O–H groups in total. The monoisotopic (exact) mass is 381 g/mol. The van der Waals surface area contributed by atoms with Crippen molar-refractivity contribution in [2.45, 2.75) is 32.7 Å². The topological polar surface area (TPSA) is 79.0 Å². The molecule has 2 rings (SSSR count). The Morgan fingerprint density at radius 3 is 2.50 bits per heavy atom. The summed E-state index contributed by atoms with van der Waals surface area (Å²) in [6.07, 6.45) is 0.881. The molecule has 8 heteroatoms. The molecular formula is C18H24ClN3O4. The van der Waals surface area contributed by atoms with E-state index in [4.69, 9.17) is 16.3 Å². The molecular weight excluding hydrogens is 358 g/mol. The lowest BCUT2D eigenvalue weighted by Crippen LogP contribution is -2.50. The van der Waals surface area contributed by atoms with Gasteiger partial charge >= 0.3 is 6.09 Å². The van der Waals surface area contributed by atoms with E-state index in [1.165, 1.54) is 6.92 Å². The smallest absolute Gasteiger partial charge is 0.409 e. The number of likely N-dealkylation sites (tertiary alicyclic amines) is 1. The van der Waals surface area contributed by atoms with Gasteiger partial charge in [-0.2, -0.15) is 0 Å². The molecule has 1 aliphatic heterocycles. The zero-order chi connectivity index (χ0) is 19.1. The maximum Gasteiger partial charge on any atom is 0.409 e. The van der Waals surface area contributed by atoms with Crippen LogP contribution >= 0.6 is 11.6 Å². The fourth-order valence-corrected chi connectivity index (χ4v) is 3.16. The molecule has 0 radical (unpaired) electrons. The number of hydrogen-bond acceptors (Lipinski definition) is 4. The van der Waals surface area contributed by atoms with Gasteiger partial charge < -0.3 is 19.9 Å². The Labute approximate surface area is 158 Å². The lowest BCUT2D eigenvalue weighted by molar-refractivity contribution is -0.136. The Kier molecular flexibility index (Phi) is 7.26. The highest BCUT2D eigenvalue weighted by Crippen LogP contribution is 2.21. The Bertz CT molecular complexity index is 660. The third kappa shape index (κ3) is 5.36. The average molecular weight is 382 g/mol. The van der Waals surface area contributed by atoms with Crippen molar-refractivity contribution >= 4 is 35.2 Å². The molecule has 0 unspecified atom stereocenters. The van der Waals surface area contributed by atoms with Crippen LogP contribution in [-0.2, 0) is 14.3 Å². The summed E-state index contributed by atoms with van der Waals surface area (Å²) in [6.45, 7) is 4.49. The van der Waals surface area contributed by atoms with Crippen molar-refractivity contribution in [2.24, 2.45) is 0 Å². The van der Waals surface area contributed by atoms with E-state index in [0.29, 0.717) is 43.2 Å². The Morgan fingerprint density at radius 1 is 1.27 bits per heavy atom. The Morgan fingerprint density at radius 2 is 1.92 bits per heavy atom. The number of nitrogens with one attached hydrogen (secondary N) is 1. The first-order valence-electron chi connectivity index (χ1n) is 8.65. The zero-order valence-electron chi connectivity index (χ0n) is 15.0. The van der Waals surface area contributed by atoms with Crippen molar-refractivity contribution in [3.8, 4) is 0 Å². The molecule has 1 aliphatic rings. The molecule has 0 aromatic heterocycles. The van der Waals surface area contributed by atoms with E-state index in [2.05, 4.69) is 5.32 Å². The van der Waals surface area contributed by atoms with Crippen LogP contribution in [0, 0.1) is 0 Å². The van der Waals surface area contributed by atoms with Crippen LogP contribution in [0.3, 0.4) is 0 Å². The molecule has 0 bridgehead atoms. The Hall–Kier alpha value is -2.28. The summed E-state index contributed by atoms with van der Waals surface area (Å²) in [5.41, 5.74) is 0.514. The average Bonchev–Trinajstić information content (AvgIpc) is 2.62. The number of piperidine rings is 1. The minimum absolute atomic E-state index is 0.0510. The van der Waals surface area contributed by atoms with Gasteiger partial charge in [0, 0.05) is 26.1 Å². The van der Waals surface area contributed by atoms with Crippen molar-refractivity contribution in [1.29, 1.82) is 0 Å². The van der Waals surface area contributed by atoms with Gasteiger partial charge in [0.15, 0.2) is 0 Å². The third-order valence-corrected chi connectivity index (χ3v) is 4.63. The number of rotatable bonds is 5. The molecule has 7 nitrogen and oxygen atoms in total. The first-order valence-corrected chi connectivity index (χ1v) is 9.03. The SMILES string of the molecule is CCOC(=O)N1CCC(N(CC(=O)Nc2ccccc2Cl)C(C)=O)CC1. The van der Waals surface area contributed by atoms with E-state index in [0.717, 1.165) is 0 Å². The van der Waals surface area contributed by atoms with Crippen molar-refractivity contribution in [1.82, 2.24) is 9.80 Å². The van der Waals surface area contributed by atoms with Gasteiger partial charge in [0.05, 0.1) is 17.3 Å². The highest BCUT2D eigenvalue weighted by Gasteiger charge is 2.30. The molecule has 0 aliphatic carbocycles. The molecule has 1 aromatic carbocycles.